The van der Waals surface area contributed by atoms with Crippen LogP contribution in [0.15, 0.2) is 48.7 Å². The van der Waals surface area contributed by atoms with E-state index in [4.69, 9.17) is 11.6 Å². The molecule has 2 aliphatic heterocycles. The highest BCUT2D eigenvalue weighted by Gasteiger charge is 2.34. The molecule has 0 radical (unpaired) electrons. The predicted octanol–water partition coefficient (Wildman–Crippen LogP) is 4.70. The van der Waals surface area contributed by atoms with Crippen LogP contribution in [0, 0.1) is 5.92 Å². The van der Waals surface area contributed by atoms with Gasteiger partial charge in [0.15, 0.2) is 0 Å². The van der Waals surface area contributed by atoms with Crippen LogP contribution >= 0.6 is 36.4 Å². The lowest BCUT2D eigenvalue weighted by molar-refractivity contribution is -0.122. The lowest BCUT2D eigenvalue weighted by Crippen LogP contribution is -2.40. The number of fused-ring (bicyclic) bond motifs is 2. The Labute approximate surface area is 183 Å². The van der Waals surface area contributed by atoms with E-state index in [2.05, 4.69) is 15.6 Å². The molecule has 0 spiro atoms. The molecule has 2 bridgehead atoms. The second kappa shape index (κ2) is 10.4. The van der Waals surface area contributed by atoms with Gasteiger partial charge in [-0.3, -0.25) is 9.78 Å². The van der Waals surface area contributed by atoms with Gasteiger partial charge < -0.3 is 10.6 Å². The standard InChI is InChI=1S/C21H24ClN3O.2ClH/c22-16-5-3-4-15(13-16)21(19-6-1-2-9-23-19)25-20(26)12-14-10-17-7-8-18(11-14)24-17;;/h1-6,9,13-14,17-18,21,24H,7-8,10-12H2,(H,25,26);2*1H. The molecule has 1 aromatic carbocycles. The van der Waals surface area contributed by atoms with Gasteiger partial charge in [-0.05, 0) is 61.4 Å². The first-order chi connectivity index (χ1) is 12.7. The quantitative estimate of drug-likeness (QED) is 0.705. The average molecular weight is 443 g/mol. The molecule has 4 nitrogen and oxygen atoms in total. The summed E-state index contributed by atoms with van der Waals surface area (Å²) >= 11 is 6.17. The van der Waals surface area contributed by atoms with Crippen LogP contribution in [0.5, 0.6) is 0 Å². The van der Waals surface area contributed by atoms with Crippen molar-refractivity contribution in [1.29, 1.82) is 0 Å². The summed E-state index contributed by atoms with van der Waals surface area (Å²) in [6, 6.07) is 14.3. The third kappa shape index (κ3) is 5.60. The lowest BCUT2D eigenvalue weighted by atomic mass is 9.89. The predicted molar refractivity (Wildman–Crippen MR) is 117 cm³/mol. The van der Waals surface area contributed by atoms with Crippen LogP contribution in [-0.4, -0.2) is 23.0 Å². The van der Waals surface area contributed by atoms with Gasteiger partial charge in [0.25, 0.3) is 0 Å². The number of rotatable bonds is 5. The number of halogens is 3. The highest BCUT2D eigenvalue weighted by molar-refractivity contribution is 6.30. The Bertz CT molecular complexity index is 763. The van der Waals surface area contributed by atoms with Crippen LogP contribution in [0.2, 0.25) is 5.02 Å². The van der Waals surface area contributed by atoms with Crippen LogP contribution in [0.1, 0.15) is 49.4 Å². The minimum Gasteiger partial charge on any atom is -0.344 e. The zero-order valence-corrected chi connectivity index (χ0v) is 17.9. The Morgan fingerprint density at radius 1 is 1.14 bits per heavy atom. The van der Waals surface area contributed by atoms with Crippen LogP contribution in [0.3, 0.4) is 0 Å². The fourth-order valence-corrected chi connectivity index (χ4v) is 4.58. The van der Waals surface area contributed by atoms with Crippen molar-refractivity contribution in [3.05, 3.63) is 64.9 Å². The summed E-state index contributed by atoms with van der Waals surface area (Å²) in [6.45, 7) is 0. The zero-order chi connectivity index (χ0) is 17.9. The fourth-order valence-electron chi connectivity index (χ4n) is 4.38. The molecule has 2 aliphatic rings. The molecule has 2 aromatic rings. The summed E-state index contributed by atoms with van der Waals surface area (Å²) in [5, 5.41) is 7.49. The molecule has 2 fully saturated rings. The van der Waals surface area contributed by atoms with E-state index < -0.39 is 0 Å². The van der Waals surface area contributed by atoms with Gasteiger partial charge in [-0.1, -0.05) is 29.8 Å². The van der Waals surface area contributed by atoms with Crippen molar-refractivity contribution in [2.75, 3.05) is 0 Å². The molecule has 3 unspecified atom stereocenters. The van der Waals surface area contributed by atoms with Gasteiger partial charge in [-0.25, -0.2) is 0 Å². The smallest absolute Gasteiger partial charge is 0.221 e. The van der Waals surface area contributed by atoms with Gasteiger partial charge in [0.2, 0.25) is 5.91 Å². The topological polar surface area (TPSA) is 54.0 Å². The van der Waals surface area contributed by atoms with E-state index in [1.54, 1.807) is 6.20 Å². The maximum atomic E-state index is 12.8. The fraction of sp³-hybridized carbons (Fsp3) is 0.429. The molecule has 28 heavy (non-hydrogen) atoms. The number of carbonyl (C=O) groups is 1. The summed E-state index contributed by atoms with van der Waals surface area (Å²) in [6.07, 6.45) is 7.05. The molecule has 7 heteroatoms. The molecular weight excluding hydrogens is 417 g/mol. The molecule has 2 N–H and O–H groups in total. The number of amides is 1. The third-order valence-electron chi connectivity index (χ3n) is 5.52. The highest BCUT2D eigenvalue weighted by atomic mass is 35.5. The number of carbonyl (C=O) groups excluding carboxylic acids is 1. The number of hydrogen-bond donors (Lipinski definition) is 2. The van der Waals surface area contributed by atoms with Gasteiger partial charge in [0.05, 0.1) is 11.7 Å². The van der Waals surface area contributed by atoms with Crippen LogP contribution in [0.25, 0.3) is 0 Å². The number of pyridine rings is 1. The summed E-state index contributed by atoms with van der Waals surface area (Å²) in [4.78, 5) is 17.2. The van der Waals surface area contributed by atoms with Crippen molar-refractivity contribution in [3.63, 3.8) is 0 Å². The Hall–Kier alpha value is -1.33. The SMILES string of the molecule is Cl.Cl.O=C(CC1CC2CCC(C1)N2)NC(c1cccc(Cl)c1)c1ccccn1. The monoisotopic (exact) mass is 441 g/mol. The van der Waals surface area contributed by atoms with E-state index in [-0.39, 0.29) is 36.8 Å². The molecular formula is C21H26Cl3N3O. The van der Waals surface area contributed by atoms with E-state index in [1.165, 1.54) is 12.8 Å². The number of aromatic nitrogens is 1. The number of piperidine rings is 1. The van der Waals surface area contributed by atoms with Crippen LogP contribution in [-0.2, 0) is 4.79 Å². The second-order valence-electron chi connectivity index (χ2n) is 7.49. The first-order valence-electron chi connectivity index (χ1n) is 9.39. The van der Waals surface area contributed by atoms with Crippen LogP contribution in [0.4, 0.5) is 0 Å². The van der Waals surface area contributed by atoms with Gasteiger partial charge >= 0.3 is 0 Å². The van der Waals surface area contributed by atoms with Crippen molar-refractivity contribution >= 4 is 42.3 Å². The normalized spacial score (nSPS) is 23.8. The molecule has 1 amide bonds. The summed E-state index contributed by atoms with van der Waals surface area (Å²) in [5.41, 5.74) is 1.78. The van der Waals surface area contributed by atoms with Crippen molar-refractivity contribution < 1.29 is 4.79 Å². The maximum absolute atomic E-state index is 12.8. The number of benzene rings is 1. The summed E-state index contributed by atoms with van der Waals surface area (Å²) < 4.78 is 0. The largest absolute Gasteiger partial charge is 0.344 e. The first-order valence-corrected chi connectivity index (χ1v) is 9.77. The molecule has 1 aromatic heterocycles. The van der Waals surface area contributed by atoms with E-state index in [9.17, 15) is 4.79 Å². The molecule has 3 heterocycles. The average Bonchev–Trinajstić information content (AvgIpc) is 2.99. The molecule has 4 rings (SSSR count). The van der Waals surface area contributed by atoms with Crippen molar-refractivity contribution in [3.8, 4) is 0 Å². The van der Waals surface area contributed by atoms with E-state index in [1.807, 2.05) is 42.5 Å². The molecule has 0 saturated carbocycles. The summed E-state index contributed by atoms with van der Waals surface area (Å²) in [7, 11) is 0. The van der Waals surface area contributed by atoms with Crippen molar-refractivity contribution in [2.45, 2.75) is 50.2 Å². The van der Waals surface area contributed by atoms with E-state index >= 15 is 0 Å². The van der Waals surface area contributed by atoms with Crippen molar-refractivity contribution in [2.24, 2.45) is 5.92 Å². The molecule has 3 atom stereocenters. The molecule has 152 valence electrons. The number of nitrogens with one attached hydrogen (secondary N) is 2. The summed E-state index contributed by atoms with van der Waals surface area (Å²) in [5.74, 6) is 0.560. The molecule has 2 saturated heterocycles. The number of hydrogen-bond acceptors (Lipinski definition) is 3. The van der Waals surface area contributed by atoms with Gasteiger partial charge in [-0.2, -0.15) is 0 Å². The van der Waals surface area contributed by atoms with Gasteiger partial charge in [0.1, 0.15) is 0 Å². The minimum absolute atomic E-state index is 0. The second-order valence-corrected chi connectivity index (χ2v) is 7.93. The zero-order valence-electron chi connectivity index (χ0n) is 15.5. The Morgan fingerprint density at radius 3 is 2.54 bits per heavy atom. The lowest BCUT2D eigenvalue weighted by Gasteiger charge is -2.29. The van der Waals surface area contributed by atoms with Gasteiger partial charge in [0, 0.05) is 29.7 Å². The van der Waals surface area contributed by atoms with E-state index in [0.717, 1.165) is 24.1 Å². The third-order valence-corrected chi connectivity index (χ3v) is 5.75. The van der Waals surface area contributed by atoms with Crippen LogP contribution < -0.4 is 10.6 Å². The Kier molecular flexibility index (Phi) is 8.56. The Morgan fingerprint density at radius 2 is 1.89 bits per heavy atom. The van der Waals surface area contributed by atoms with Gasteiger partial charge in [-0.15, -0.1) is 24.8 Å². The Balaban J connectivity index is 0.00000140. The molecule has 0 aliphatic carbocycles. The minimum atomic E-state index is -0.277. The first kappa shape index (κ1) is 23.0. The van der Waals surface area contributed by atoms with E-state index in [0.29, 0.717) is 29.4 Å². The van der Waals surface area contributed by atoms with Crippen molar-refractivity contribution in [1.82, 2.24) is 15.6 Å². The highest BCUT2D eigenvalue weighted by Crippen LogP contribution is 2.33. The maximum Gasteiger partial charge on any atom is 0.221 e. The number of nitrogens with zero attached hydrogens (tertiary/aromatic N) is 1.